The zero-order chi connectivity index (χ0) is 77.1. The number of carbonyl (C=O) groups is 10. The maximum absolute atomic E-state index is 14.1. The van der Waals surface area contributed by atoms with E-state index in [4.69, 9.17) is 25.3 Å². The number of carboxylic acid groups (broad SMARTS) is 1. The number of nitrogens with zero attached hydrogens (tertiary/aromatic N) is 7. The number of nitrogens with one attached hydrogen (secondary N) is 4. The van der Waals surface area contributed by atoms with Crippen molar-refractivity contribution in [1.29, 1.82) is 0 Å². The lowest BCUT2D eigenvalue weighted by atomic mass is 9.51. The number of aryl methyl sites for hydroxylation is 1. The molecule has 3 aromatic carbocycles. The molecule has 4 aliphatic rings. The number of carboxylic acids is 1. The molecule has 2 aliphatic carbocycles. The summed E-state index contributed by atoms with van der Waals surface area (Å²) in [6.07, 6.45) is 10.4. The van der Waals surface area contributed by atoms with Crippen LogP contribution >= 0.6 is 11.3 Å². The average molecular weight is 1510 g/mol. The number of anilines is 2. The average Bonchev–Trinajstić information content (AvgIpc) is 1.54. The van der Waals surface area contributed by atoms with Crippen molar-refractivity contribution in [1.82, 2.24) is 45.5 Å². The molecular weight excluding hydrogens is 1410 g/mol. The number of fused-ring (bicyclic) bond motifs is 4. The minimum Gasteiger partial charge on any atom is -0.476 e. The summed E-state index contributed by atoms with van der Waals surface area (Å²) in [5.41, 5.74) is 10.5. The fourth-order valence-corrected chi connectivity index (χ4v) is 17.6. The van der Waals surface area contributed by atoms with Gasteiger partial charge in [-0.25, -0.2) is 29.1 Å². The number of rotatable bonds is 34. The molecule has 2 saturated carbocycles. The number of Topliss-reactive ketones (excluding diaryl/α,β-unsaturated/α-hetero) is 2. The second kappa shape index (κ2) is 34.4. The zero-order valence-corrected chi connectivity index (χ0v) is 63.2. The van der Waals surface area contributed by atoms with Gasteiger partial charge in [0.2, 0.25) is 11.8 Å². The number of aromatic nitrogens is 4. The highest BCUT2D eigenvalue weighted by molar-refractivity contribution is 7.85. The van der Waals surface area contributed by atoms with E-state index in [0.717, 1.165) is 58.5 Å². The number of thiazole rings is 1. The first kappa shape index (κ1) is 79.8. The highest BCUT2D eigenvalue weighted by atomic mass is 32.2. The number of amides is 9. The molecular formula is C77H96N12O16S2. The van der Waals surface area contributed by atoms with Crippen LogP contribution in [0.1, 0.15) is 151 Å². The Labute approximate surface area is 626 Å². The smallest absolute Gasteiger partial charge is 0.408 e. The number of unbranched alkanes of at least 4 members (excludes halogenated alkanes) is 2. The summed E-state index contributed by atoms with van der Waals surface area (Å²) in [4.78, 5) is 144. The summed E-state index contributed by atoms with van der Waals surface area (Å²) in [7, 11) is -3.39. The fourth-order valence-electron chi connectivity index (χ4n) is 16.1. The number of ketones is 2. The van der Waals surface area contributed by atoms with E-state index in [1.807, 2.05) is 54.1 Å². The summed E-state index contributed by atoms with van der Waals surface area (Å²) in [6, 6.07) is 19.5. The van der Waals surface area contributed by atoms with Crippen molar-refractivity contribution in [2.75, 3.05) is 55.8 Å². The van der Waals surface area contributed by atoms with E-state index in [-0.39, 0.29) is 123 Å². The van der Waals surface area contributed by atoms with Crippen LogP contribution in [0.4, 0.5) is 25.2 Å². The van der Waals surface area contributed by atoms with Gasteiger partial charge in [0.1, 0.15) is 24.2 Å². The van der Waals surface area contributed by atoms with Crippen LogP contribution in [0.2, 0.25) is 0 Å². The van der Waals surface area contributed by atoms with Crippen molar-refractivity contribution in [3.8, 4) is 22.4 Å². The number of alkyl carbamates (subject to hydrolysis) is 1. The lowest BCUT2D eigenvalue weighted by molar-refractivity contribution is -0.177. The van der Waals surface area contributed by atoms with Crippen molar-refractivity contribution < 1.29 is 75.5 Å². The Balaban J connectivity index is 0.721. The van der Waals surface area contributed by atoms with Crippen LogP contribution in [-0.2, 0) is 74.4 Å². The third-order valence-corrected chi connectivity index (χ3v) is 22.2. The minimum absolute atomic E-state index is 0.0133. The Bertz CT molecular complexity index is 4440. The summed E-state index contributed by atoms with van der Waals surface area (Å²) < 4.78 is 49.9. The lowest BCUT2D eigenvalue weighted by Crippen LogP contribution is -2.55. The first-order valence-corrected chi connectivity index (χ1v) is 38.8. The fraction of sp³-hybridized carbons (Fsp3) is 0.494. The largest absolute Gasteiger partial charge is 0.476 e. The number of pyridine rings is 1. The first-order valence-electron chi connectivity index (χ1n) is 36.3. The molecule has 572 valence electrons. The van der Waals surface area contributed by atoms with Crippen LogP contribution in [0, 0.1) is 35.5 Å². The summed E-state index contributed by atoms with van der Waals surface area (Å²) in [5.74, 6) is -5.88. The van der Waals surface area contributed by atoms with Crippen LogP contribution in [0.5, 0.6) is 0 Å². The number of ether oxygens (including phenoxy) is 2. The molecule has 6 aromatic rings. The van der Waals surface area contributed by atoms with Gasteiger partial charge in [0.15, 0.2) is 16.6 Å². The van der Waals surface area contributed by atoms with Gasteiger partial charge >= 0.3 is 24.1 Å². The van der Waals surface area contributed by atoms with Crippen LogP contribution in [-0.4, -0.2) is 170 Å². The van der Waals surface area contributed by atoms with E-state index in [9.17, 15) is 66.0 Å². The predicted octanol–water partition coefficient (Wildman–Crippen LogP) is 10.00. The van der Waals surface area contributed by atoms with Crippen LogP contribution in [0.3, 0.4) is 0 Å². The maximum Gasteiger partial charge on any atom is 0.408 e. The number of nitrogens with two attached hydrogens (primary N) is 1. The first-order chi connectivity index (χ1) is 50.7. The third kappa shape index (κ3) is 21.1. The number of imide groups is 1. The molecule has 3 unspecified atom stereocenters. The molecule has 30 heteroatoms. The quantitative estimate of drug-likeness (QED) is 0.0112. The topological polar surface area (TPSA) is 391 Å². The number of hydrogen-bond acceptors (Lipinski definition) is 18. The second-order valence-electron chi connectivity index (χ2n) is 30.4. The lowest BCUT2D eigenvalue weighted by Gasteiger charge is -2.58. The van der Waals surface area contributed by atoms with Crippen LogP contribution < -0.4 is 31.9 Å². The molecule has 8 N–H and O–H groups in total. The molecule has 28 nitrogen and oxygen atoms in total. The Kier molecular flexibility index (Phi) is 25.7. The number of hydrogen-bond donors (Lipinski definition) is 7. The predicted molar refractivity (Wildman–Crippen MR) is 401 cm³/mol. The molecule has 0 radical (unpaired) electrons. The Morgan fingerprint density at radius 3 is 2.30 bits per heavy atom. The minimum atomic E-state index is -4.83. The number of benzene rings is 3. The van der Waals surface area contributed by atoms with Crippen molar-refractivity contribution in [2.45, 2.75) is 169 Å². The number of para-hydroxylation sites is 1. The normalized spacial score (nSPS) is 19.0. The summed E-state index contributed by atoms with van der Waals surface area (Å²) in [5, 5.41) is 26.6. The van der Waals surface area contributed by atoms with Gasteiger partial charge in [0, 0.05) is 105 Å². The van der Waals surface area contributed by atoms with E-state index in [2.05, 4.69) is 47.0 Å². The molecule has 6 atom stereocenters. The Hall–Kier alpha value is -9.78. The van der Waals surface area contributed by atoms with Gasteiger partial charge < -0.3 is 41.2 Å². The third-order valence-electron chi connectivity index (χ3n) is 20.5. The zero-order valence-electron chi connectivity index (χ0n) is 61.5. The van der Waals surface area contributed by atoms with E-state index < -0.39 is 69.4 Å². The number of aromatic carboxylic acids is 1. The molecule has 5 heterocycles. The SMILES string of the molecule is Cc1c(-c2ccc(-c3ccc4c(c3)N(C(=O)Nc3nc5ccccc5s3)CCC4)nc2C(=O)O)cnn1CC1CC2(C)CC(C)(C)CC(OCCN(C)C(=O)[C@H](CS(=O)(=O)O)NC(=O)OCc3ccc(CC(=O)[C@H](CCCNC(N)=O)NC(=O)[C@@H](CC(=O)CCCCCN4C(=O)C=CC4=O)C(C)C)cc3)(C1)C2. The molecule has 2 aliphatic heterocycles. The Morgan fingerprint density at radius 1 is 0.850 bits per heavy atom. The van der Waals surface area contributed by atoms with Crippen molar-refractivity contribution in [3.63, 3.8) is 0 Å². The maximum atomic E-state index is 14.1. The molecule has 0 spiro atoms. The van der Waals surface area contributed by atoms with E-state index >= 15 is 0 Å². The standard InChI is InChI=1S/C77H96N12O16S2/c1-47(2)56(37-54(90)16-9-8-12-31-88-65(92)28-29-66(88)93)68(94)82-59(18-13-30-79-71(78)98)63(91)35-49-20-22-50(23-21-49)42-104-74(100)84-61(43-107(101,102)103)69(95)86(7)33-34-105-77-39-51(38-76(6,46-77)44-75(4,5)45-77)41-89-48(3)57(40-80-89)55-26-27-58(81-67(55)70(96)97)53-25-24-52-15-14-32-87(62(52)36-53)73(99)85-72-83-60-17-10-11-19-64(60)106-72/h10-11,17,19-29,36,40,47,51,56,59,61H,8-9,12-16,18,30-35,37-39,41-46H2,1-7H3,(H,82,94)(H,84,100)(H,96,97)(H3,78,79,98)(H,83,85,99)(H,101,102,103)/t51?,56-,59-,61-,76?,77?/m0/s1. The van der Waals surface area contributed by atoms with Gasteiger partial charge in [0.05, 0.1) is 40.4 Å². The molecule has 2 bridgehead atoms. The van der Waals surface area contributed by atoms with Crippen LogP contribution in [0.25, 0.3) is 32.6 Å². The number of primary amides is 1. The van der Waals surface area contributed by atoms with Crippen LogP contribution in [0.15, 0.2) is 97.2 Å². The van der Waals surface area contributed by atoms with E-state index in [1.165, 1.54) is 35.4 Å². The number of urea groups is 2. The molecule has 3 aromatic heterocycles. The second-order valence-corrected chi connectivity index (χ2v) is 32.9. The molecule has 2 fully saturated rings. The molecule has 9 amide bonds. The highest BCUT2D eigenvalue weighted by Gasteiger charge is 2.55. The van der Waals surface area contributed by atoms with Gasteiger partial charge in [-0.15, -0.1) is 0 Å². The van der Waals surface area contributed by atoms with Gasteiger partial charge in [-0.3, -0.25) is 53.1 Å². The molecule has 10 rings (SSSR count). The summed E-state index contributed by atoms with van der Waals surface area (Å²) >= 11 is 1.39. The van der Waals surface area contributed by atoms with E-state index in [1.54, 1.807) is 61.3 Å². The van der Waals surface area contributed by atoms with Crippen molar-refractivity contribution >= 4 is 102 Å². The Morgan fingerprint density at radius 2 is 1.59 bits per heavy atom. The molecule has 0 saturated heterocycles. The van der Waals surface area contributed by atoms with E-state index in [0.29, 0.717) is 89.5 Å². The monoisotopic (exact) mass is 1510 g/mol. The number of carbonyl (C=O) groups excluding carboxylic acids is 9. The van der Waals surface area contributed by atoms with Gasteiger partial charge in [-0.1, -0.05) is 101 Å². The number of likely N-dealkylation sites (N-methyl/N-ethyl adjacent to an activating group) is 1. The highest BCUT2D eigenvalue weighted by Crippen LogP contribution is 2.60. The van der Waals surface area contributed by atoms with Gasteiger partial charge in [-0.05, 0) is 147 Å². The van der Waals surface area contributed by atoms with Gasteiger partial charge in [0.25, 0.3) is 21.9 Å². The van der Waals surface area contributed by atoms with Crippen molar-refractivity contribution in [2.24, 2.45) is 34.3 Å². The summed E-state index contributed by atoms with van der Waals surface area (Å²) in [6.45, 7) is 13.3. The molecule has 107 heavy (non-hydrogen) atoms. The van der Waals surface area contributed by atoms with Crippen molar-refractivity contribution in [3.05, 3.63) is 125 Å². The van der Waals surface area contributed by atoms with Gasteiger partial charge in [-0.2, -0.15) is 13.5 Å².